The summed E-state index contributed by atoms with van der Waals surface area (Å²) in [5.41, 5.74) is 6.17. The zero-order valence-electron chi connectivity index (χ0n) is 19.1. The molecule has 0 aliphatic carbocycles. The van der Waals surface area contributed by atoms with Crippen molar-refractivity contribution in [2.45, 2.75) is 52.0 Å². The Balaban J connectivity index is 2.25. The Morgan fingerprint density at radius 1 is 1.13 bits per heavy atom. The number of nitrogens with one attached hydrogen (secondary N) is 1. The van der Waals surface area contributed by atoms with Gasteiger partial charge >= 0.3 is 0 Å². The Labute approximate surface area is 183 Å². The van der Waals surface area contributed by atoms with Gasteiger partial charge in [0.25, 0.3) is 0 Å². The Morgan fingerprint density at radius 3 is 2.35 bits per heavy atom. The minimum atomic E-state index is -0.365. The van der Waals surface area contributed by atoms with Crippen LogP contribution in [0.5, 0.6) is 17.2 Å². The van der Waals surface area contributed by atoms with Crippen LogP contribution in [0.2, 0.25) is 0 Å². The van der Waals surface area contributed by atoms with Crippen molar-refractivity contribution in [1.29, 1.82) is 0 Å². The van der Waals surface area contributed by atoms with E-state index >= 15 is 0 Å². The molecule has 1 heterocycles. The van der Waals surface area contributed by atoms with Gasteiger partial charge in [-0.15, -0.1) is 0 Å². The Kier molecular flexibility index (Phi) is 9.58. The molecule has 2 rings (SSSR count). The number of nitrogens with zero attached hydrogens (tertiary/aromatic N) is 2. The van der Waals surface area contributed by atoms with Gasteiger partial charge in [-0.05, 0) is 37.4 Å². The van der Waals surface area contributed by atoms with E-state index in [2.05, 4.69) is 22.4 Å². The number of amides is 1. The first-order valence-electron chi connectivity index (χ1n) is 10.6. The first kappa shape index (κ1) is 24.5. The molecule has 1 aromatic carbocycles. The third kappa shape index (κ3) is 6.33. The van der Waals surface area contributed by atoms with Gasteiger partial charge in [-0.25, -0.2) is 0 Å². The molecule has 2 aromatic rings. The Bertz CT molecular complexity index is 814. The van der Waals surface area contributed by atoms with E-state index in [0.29, 0.717) is 47.5 Å². The van der Waals surface area contributed by atoms with E-state index in [1.165, 1.54) is 0 Å². The van der Waals surface area contributed by atoms with E-state index in [4.69, 9.17) is 24.5 Å². The van der Waals surface area contributed by atoms with Crippen molar-refractivity contribution < 1.29 is 23.5 Å². The minimum Gasteiger partial charge on any atom is -0.493 e. The third-order valence-electron chi connectivity index (χ3n) is 5.27. The summed E-state index contributed by atoms with van der Waals surface area (Å²) in [7, 11) is 4.64. The topological polar surface area (TPSA) is 122 Å². The average Bonchev–Trinajstić information content (AvgIpc) is 3.28. The maximum atomic E-state index is 12.4. The number of carbonyl (C=O) groups is 1. The summed E-state index contributed by atoms with van der Waals surface area (Å²) in [6, 6.07) is 3.14. The lowest BCUT2D eigenvalue weighted by Gasteiger charge is -2.20. The van der Waals surface area contributed by atoms with Gasteiger partial charge < -0.3 is 29.8 Å². The van der Waals surface area contributed by atoms with Crippen LogP contribution in [0.3, 0.4) is 0 Å². The predicted molar refractivity (Wildman–Crippen MR) is 117 cm³/mol. The number of hydrogen-bond acceptors (Lipinski definition) is 8. The van der Waals surface area contributed by atoms with Crippen LogP contribution in [-0.2, 0) is 4.79 Å². The van der Waals surface area contributed by atoms with Gasteiger partial charge in [-0.2, -0.15) is 4.98 Å². The highest BCUT2D eigenvalue weighted by molar-refractivity contribution is 5.76. The second-order valence-corrected chi connectivity index (χ2v) is 7.40. The first-order chi connectivity index (χ1) is 15.0. The van der Waals surface area contributed by atoms with Gasteiger partial charge in [-0.1, -0.05) is 31.8 Å². The van der Waals surface area contributed by atoms with Crippen LogP contribution in [0, 0.1) is 5.92 Å². The highest BCUT2D eigenvalue weighted by Gasteiger charge is 2.27. The monoisotopic (exact) mass is 434 g/mol. The largest absolute Gasteiger partial charge is 0.493 e. The summed E-state index contributed by atoms with van der Waals surface area (Å²) < 4.78 is 21.7. The standard InChI is InChI=1S/C22H34N4O5/c1-6-14(2)19(24-18(27)10-8-7-9-11-23)22-25-21(26-31-22)15-12-16(28-3)20(30-5)17(13-15)29-4/h12-14,19H,6-11,23H2,1-5H3,(H,24,27). The summed E-state index contributed by atoms with van der Waals surface area (Å²) in [6.07, 6.45) is 3.95. The van der Waals surface area contributed by atoms with E-state index in [1.54, 1.807) is 33.5 Å². The number of nitrogens with two attached hydrogens (primary N) is 1. The fraction of sp³-hybridized carbons (Fsp3) is 0.591. The number of methoxy groups -OCH3 is 3. The lowest BCUT2D eigenvalue weighted by Crippen LogP contribution is -2.32. The fourth-order valence-electron chi connectivity index (χ4n) is 3.22. The highest BCUT2D eigenvalue weighted by atomic mass is 16.5. The minimum absolute atomic E-state index is 0.0325. The molecule has 1 aromatic heterocycles. The van der Waals surface area contributed by atoms with E-state index in [-0.39, 0.29) is 17.9 Å². The maximum Gasteiger partial charge on any atom is 0.249 e. The van der Waals surface area contributed by atoms with Crippen molar-refractivity contribution in [3.63, 3.8) is 0 Å². The van der Waals surface area contributed by atoms with Crippen LogP contribution >= 0.6 is 0 Å². The van der Waals surface area contributed by atoms with E-state index < -0.39 is 0 Å². The van der Waals surface area contributed by atoms with Crippen molar-refractivity contribution in [3.05, 3.63) is 18.0 Å². The third-order valence-corrected chi connectivity index (χ3v) is 5.27. The molecule has 0 saturated carbocycles. The Hall–Kier alpha value is -2.81. The lowest BCUT2D eigenvalue weighted by atomic mass is 9.98. The molecule has 1 amide bonds. The van der Waals surface area contributed by atoms with E-state index in [1.807, 2.05) is 6.92 Å². The molecule has 0 bridgehead atoms. The molecule has 0 saturated heterocycles. The summed E-state index contributed by atoms with van der Waals surface area (Å²) in [6.45, 7) is 4.74. The molecule has 9 heteroatoms. The number of ether oxygens (including phenoxy) is 3. The molecule has 3 N–H and O–H groups in total. The van der Waals surface area contributed by atoms with Crippen molar-refractivity contribution >= 4 is 5.91 Å². The molecule has 0 spiro atoms. The van der Waals surface area contributed by atoms with E-state index in [9.17, 15) is 4.79 Å². The van der Waals surface area contributed by atoms with Crippen LogP contribution in [0.15, 0.2) is 16.7 Å². The number of benzene rings is 1. The van der Waals surface area contributed by atoms with Crippen LogP contribution < -0.4 is 25.3 Å². The summed E-state index contributed by atoms with van der Waals surface area (Å²) >= 11 is 0. The SMILES string of the molecule is CCC(C)C(NC(=O)CCCCCN)c1nc(-c2cc(OC)c(OC)c(OC)c2)no1. The second kappa shape index (κ2) is 12.1. The van der Waals surface area contributed by atoms with E-state index in [0.717, 1.165) is 25.7 Å². The quantitative estimate of drug-likeness (QED) is 0.460. The Morgan fingerprint density at radius 2 is 1.81 bits per heavy atom. The zero-order valence-corrected chi connectivity index (χ0v) is 19.1. The molecule has 0 aliphatic heterocycles. The first-order valence-corrected chi connectivity index (χ1v) is 10.6. The molecular weight excluding hydrogens is 400 g/mol. The molecule has 0 fully saturated rings. The van der Waals surface area contributed by atoms with Crippen LogP contribution in [0.4, 0.5) is 0 Å². The smallest absolute Gasteiger partial charge is 0.249 e. The average molecular weight is 435 g/mol. The second-order valence-electron chi connectivity index (χ2n) is 7.40. The summed E-state index contributed by atoms with van der Waals surface area (Å²) in [5.74, 6) is 2.31. The molecule has 172 valence electrons. The van der Waals surface area contributed by atoms with Gasteiger partial charge in [0.15, 0.2) is 11.5 Å². The number of carbonyl (C=O) groups excluding carboxylic acids is 1. The molecule has 2 unspecified atom stereocenters. The summed E-state index contributed by atoms with van der Waals surface area (Å²) in [5, 5.41) is 7.17. The van der Waals surface area contributed by atoms with Gasteiger partial charge in [0.1, 0.15) is 6.04 Å². The maximum absolute atomic E-state index is 12.4. The number of unbranched alkanes of at least 4 members (excludes halogenated alkanes) is 2. The summed E-state index contributed by atoms with van der Waals surface area (Å²) in [4.78, 5) is 17.0. The molecule has 31 heavy (non-hydrogen) atoms. The van der Waals surface area contributed by atoms with Gasteiger partial charge in [0.05, 0.1) is 21.3 Å². The molecule has 9 nitrogen and oxygen atoms in total. The zero-order chi connectivity index (χ0) is 22.8. The van der Waals surface area contributed by atoms with Crippen molar-refractivity contribution in [1.82, 2.24) is 15.5 Å². The van der Waals surface area contributed by atoms with Crippen molar-refractivity contribution in [2.24, 2.45) is 11.7 Å². The fourth-order valence-corrected chi connectivity index (χ4v) is 3.22. The van der Waals surface area contributed by atoms with Crippen LogP contribution in [0.25, 0.3) is 11.4 Å². The molecular formula is C22H34N4O5. The van der Waals surface area contributed by atoms with Gasteiger partial charge in [0.2, 0.25) is 23.4 Å². The molecule has 0 radical (unpaired) electrons. The van der Waals surface area contributed by atoms with Crippen LogP contribution in [-0.4, -0.2) is 43.9 Å². The number of hydrogen-bond donors (Lipinski definition) is 2. The van der Waals surface area contributed by atoms with Gasteiger partial charge in [0, 0.05) is 12.0 Å². The highest BCUT2D eigenvalue weighted by Crippen LogP contribution is 2.40. The van der Waals surface area contributed by atoms with Crippen molar-refractivity contribution in [3.8, 4) is 28.6 Å². The normalized spacial score (nSPS) is 12.8. The molecule has 0 aliphatic rings. The van der Waals surface area contributed by atoms with Crippen LogP contribution in [0.1, 0.15) is 57.9 Å². The van der Waals surface area contributed by atoms with Crippen molar-refractivity contribution in [2.75, 3.05) is 27.9 Å². The lowest BCUT2D eigenvalue weighted by molar-refractivity contribution is -0.122. The number of aromatic nitrogens is 2. The molecule has 2 atom stereocenters. The predicted octanol–water partition coefficient (Wildman–Crippen LogP) is 3.48. The number of rotatable bonds is 13. The van der Waals surface area contributed by atoms with Gasteiger partial charge in [-0.3, -0.25) is 4.79 Å².